The maximum Gasteiger partial charge on any atom is 0.416 e. The number of hydrogen-bond donors (Lipinski definition) is 2. The van der Waals surface area contributed by atoms with Gasteiger partial charge in [-0.25, -0.2) is 4.79 Å². The van der Waals surface area contributed by atoms with Crippen molar-refractivity contribution in [3.8, 4) is 17.2 Å². The Morgan fingerprint density at radius 1 is 0.980 bits per heavy atom. The highest BCUT2D eigenvalue weighted by Crippen LogP contribution is 2.34. The lowest BCUT2D eigenvalue weighted by Crippen LogP contribution is -2.50. The lowest BCUT2D eigenvalue weighted by Gasteiger charge is -2.31. The number of fused-ring (bicyclic) bond motifs is 2. The molecule has 3 aliphatic rings. The molecule has 3 aromatic rings. The van der Waals surface area contributed by atoms with Crippen molar-refractivity contribution in [1.82, 2.24) is 10.2 Å². The molecular weight excluding hydrogens is 657 g/mol. The topological polar surface area (TPSA) is 108 Å². The first-order valence-electron chi connectivity index (χ1n) is 16.9. The van der Waals surface area contributed by atoms with Gasteiger partial charge in [0.1, 0.15) is 18.5 Å². The molecule has 3 aromatic carbocycles. The van der Waals surface area contributed by atoms with Crippen molar-refractivity contribution < 1.29 is 51.5 Å². The summed E-state index contributed by atoms with van der Waals surface area (Å²) in [6.45, 7) is 6.65. The fourth-order valence-electron chi connectivity index (χ4n) is 6.54. The molecule has 1 amide bonds. The molecule has 0 aliphatic carbocycles. The summed E-state index contributed by atoms with van der Waals surface area (Å²) in [5.74, 6) is 2.12. The van der Waals surface area contributed by atoms with E-state index in [1.165, 1.54) is 6.07 Å². The first-order valence-corrected chi connectivity index (χ1v) is 16.9. The highest BCUT2D eigenvalue weighted by molar-refractivity contribution is 5.68. The average Bonchev–Trinajstić information content (AvgIpc) is 3.82. The Morgan fingerprint density at radius 2 is 1.76 bits per heavy atom. The number of benzene rings is 3. The van der Waals surface area contributed by atoms with Crippen molar-refractivity contribution in [2.24, 2.45) is 11.8 Å². The van der Waals surface area contributed by atoms with E-state index in [-0.39, 0.29) is 45.2 Å². The summed E-state index contributed by atoms with van der Waals surface area (Å²) >= 11 is 0. The number of alkyl carbamates (subject to hydrolysis) is 1. The zero-order chi connectivity index (χ0) is 35.3. The summed E-state index contributed by atoms with van der Waals surface area (Å²) in [7, 11) is 0. The van der Waals surface area contributed by atoms with E-state index in [9.17, 15) is 23.1 Å². The summed E-state index contributed by atoms with van der Waals surface area (Å²) in [5, 5.41) is 14.6. The van der Waals surface area contributed by atoms with Gasteiger partial charge in [-0.3, -0.25) is 4.90 Å². The third-order valence-corrected chi connectivity index (χ3v) is 8.96. The molecule has 3 aliphatic heterocycles. The van der Waals surface area contributed by atoms with Gasteiger partial charge in [0.05, 0.1) is 36.8 Å². The highest BCUT2D eigenvalue weighted by Gasteiger charge is 2.44. The summed E-state index contributed by atoms with van der Waals surface area (Å²) in [4.78, 5) is 15.4. The monoisotopic (exact) mass is 700 g/mol. The van der Waals surface area contributed by atoms with Crippen LogP contribution in [-0.2, 0) is 40.0 Å². The van der Waals surface area contributed by atoms with Crippen molar-refractivity contribution in [2.75, 3.05) is 33.1 Å². The van der Waals surface area contributed by atoms with Crippen LogP contribution in [0, 0.1) is 11.8 Å². The molecule has 6 rings (SSSR count). The predicted molar refractivity (Wildman–Crippen MR) is 176 cm³/mol. The van der Waals surface area contributed by atoms with Crippen LogP contribution in [0.3, 0.4) is 0 Å². The van der Waals surface area contributed by atoms with Gasteiger partial charge in [-0.1, -0.05) is 44.2 Å². The summed E-state index contributed by atoms with van der Waals surface area (Å²) in [6, 6.07) is 17.1. The third-order valence-electron chi connectivity index (χ3n) is 8.96. The maximum absolute atomic E-state index is 13.2. The van der Waals surface area contributed by atoms with Crippen LogP contribution in [0.5, 0.6) is 17.2 Å². The van der Waals surface area contributed by atoms with Gasteiger partial charge in [0, 0.05) is 19.6 Å². The summed E-state index contributed by atoms with van der Waals surface area (Å²) in [5.41, 5.74) is 1.47. The summed E-state index contributed by atoms with van der Waals surface area (Å²) in [6.07, 6.45) is -5.87. The molecule has 0 radical (unpaired) electrons. The van der Waals surface area contributed by atoms with E-state index >= 15 is 0 Å². The van der Waals surface area contributed by atoms with Gasteiger partial charge in [0.15, 0.2) is 17.8 Å². The number of halogens is 3. The second-order valence-electron chi connectivity index (χ2n) is 13.4. The Labute approximate surface area is 289 Å². The molecule has 50 heavy (non-hydrogen) atoms. The van der Waals surface area contributed by atoms with Gasteiger partial charge in [0.2, 0.25) is 6.79 Å². The fourth-order valence-corrected chi connectivity index (χ4v) is 6.54. The normalized spacial score (nSPS) is 20.9. The number of aliphatic hydroxyl groups excluding tert-OH is 1. The van der Waals surface area contributed by atoms with Crippen molar-refractivity contribution in [1.29, 1.82) is 0 Å². The molecular formula is C37H43F3N2O8. The van der Waals surface area contributed by atoms with E-state index in [1.807, 2.05) is 18.2 Å². The van der Waals surface area contributed by atoms with Gasteiger partial charge in [-0.2, -0.15) is 13.2 Å². The number of carbonyl (C=O) groups is 1. The lowest BCUT2D eigenvalue weighted by atomic mass is 10.00. The Morgan fingerprint density at radius 3 is 2.54 bits per heavy atom. The molecule has 2 fully saturated rings. The van der Waals surface area contributed by atoms with Crippen LogP contribution in [-0.4, -0.2) is 73.7 Å². The Balaban J connectivity index is 1.13. The van der Waals surface area contributed by atoms with E-state index in [0.717, 1.165) is 29.7 Å². The number of carbonyl (C=O) groups excluding carboxylic acids is 1. The quantitative estimate of drug-likeness (QED) is 0.212. The molecule has 5 atom stereocenters. The molecule has 2 N–H and O–H groups in total. The number of nitrogens with one attached hydrogen (secondary N) is 1. The number of rotatable bonds is 14. The minimum atomic E-state index is -4.44. The van der Waals surface area contributed by atoms with Crippen LogP contribution >= 0.6 is 0 Å². The average molecular weight is 701 g/mol. The number of hydrogen-bond acceptors (Lipinski definition) is 9. The van der Waals surface area contributed by atoms with Crippen LogP contribution < -0.4 is 19.5 Å². The SMILES string of the molecule is CC(C)CN(Cc1ccc2c(c1)OCO2)CC(O)C(Cc1ccc(OCc2cccc(C(F)(F)F)c2)cc1)NC(=O)OC1COC2OCCC12. The number of aliphatic hydroxyl groups is 1. The van der Waals surface area contributed by atoms with Crippen LogP contribution in [0.4, 0.5) is 18.0 Å². The smallest absolute Gasteiger partial charge is 0.416 e. The zero-order valence-corrected chi connectivity index (χ0v) is 28.1. The number of nitrogens with zero attached hydrogens (tertiary/aromatic N) is 1. The molecule has 0 spiro atoms. The third kappa shape index (κ3) is 9.39. The highest BCUT2D eigenvalue weighted by atomic mass is 19.4. The van der Waals surface area contributed by atoms with E-state index in [4.69, 9.17) is 28.4 Å². The Hall–Kier alpha value is -4.04. The molecule has 13 heteroatoms. The number of ether oxygens (including phenoxy) is 6. The predicted octanol–water partition coefficient (Wildman–Crippen LogP) is 5.93. The maximum atomic E-state index is 13.2. The van der Waals surface area contributed by atoms with Crippen molar-refractivity contribution >= 4 is 6.09 Å². The molecule has 0 saturated carbocycles. The second-order valence-corrected chi connectivity index (χ2v) is 13.4. The van der Waals surface area contributed by atoms with Gasteiger partial charge in [-0.05, 0) is 71.8 Å². The molecule has 3 heterocycles. The zero-order valence-electron chi connectivity index (χ0n) is 28.1. The number of alkyl halides is 3. The van der Waals surface area contributed by atoms with Gasteiger partial charge in [0.25, 0.3) is 0 Å². The minimum absolute atomic E-state index is 0.0316. The van der Waals surface area contributed by atoms with Crippen molar-refractivity contribution in [3.63, 3.8) is 0 Å². The van der Waals surface area contributed by atoms with E-state index in [2.05, 4.69) is 24.1 Å². The minimum Gasteiger partial charge on any atom is -0.489 e. The van der Waals surface area contributed by atoms with Crippen molar-refractivity contribution in [2.45, 2.75) is 70.6 Å². The van der Waals surface area contributed by atoms with Crippen LogP contribution in [0.1, 0.15) is 42.5 Å². The molecule has 5 unspecified atom stereocenters. The van der Waals surface area contributed by atoms with E-state index in [1.54, 1.807) is 30.3 Å². The van der Waals surface area contributed by atoms with Gasteiger partial charge < -0.3 is 38.8 Å². The first kappa shape index (κ1) is 35.8. The lowest BCUT2D eigenvalue weighted by molar-refractivity contribution is -0.137. The molecule has 0 aromatic heterocycles. The second kappa shape index (κ2) is 15.9. The fraction of sp³-hybridized carbons (Fsp3) is 0.486. The first-order chi connectivity index (χ1) is 24.0. The van der Waals surface area contributed by atoms with Crippen molar-refractivity contribution in [3.05, 3.63) is 89.0 Å². The van der Waals surface area contributed by atoms with E-state index in [0.29, 0.717) is 48.4 Å². The van der Waals surface area contributed by atoms with Crippen LogP contribution in [0.15, 0.2) is 66.7 Å². The summed E-state index contributed by atoms with van der Waals surface area (Å²) < 4.78 is 73.1. The van der Waals surface area contributed by atoms with E-state index < -0.39 is 36.1 Å². The number of amides is 1. The van der Waals surface area contributed by atoms with Gasteiger partial charge >= 0.3 is 12.3 Å². The van der Waals surface area contributed by atoms with Gasteiger partial charge in [-0.15, -0.1) is 0 Å². The van der Waals surface area contributed by atoms with Crippen LogP contribution in [0.2, 0.25) is 0 Å². The largest absolute Gasteiger partial charge is 0.489 e. The molecule has 270 valence electrons. The standard InChI is InChI=1S/C37H43F3N2O8/c1-23(2)17-42(18-25-8-11-32-33(16-25)49-22-48-32)19-31(43)30(41-36(44)50-34-21-47-35-29(34)12-13-45-35)15-24-6-9-28(10-7-24)46-20-26-4-3-5-27(14-26)37(38,39)40/h3-11,14,16,23,29-31,34-35,43H,12-13,15,17-22H2,1-2H3,(H,41,44). The van der Waals surface area contributed by atoms with Crippen LogP contribution in [0.25, 0.3) is 0 Å². The molecule has 2 saturated heterocycles. The molecule has 10 nitrogen and oxygen atoms in total. The Kier molecular flexibility index (Phi) is 11.4. The molecule has 0 bridgehead atoms. The Bertz CT molecular complexity index is 1590.